The molecule has 0 saturated carbocycles. The van der Waals surface area contributed by atoms with Gasteiger partial charge in [-0.1, -0.05) is 42.5 Å². The largest absolute Gasteiger partial charge is 0.496 e. The van der Waals surface area contributed by atoms with Crippen molar-refractivity contribution < 1.29 is 9.53 Å². The highest BCUT2D eigenvalue weighted by Crippen LogP contribution is 2.25. The van der Waals surface area contributed by atoms with Crippen molar-refractivity contribution in [1.82, 2.24) is 14.9 Å². The van der Waals surface area contributed by atoms with Crippen molar-refractivity contribution in [2.24, 2.45) is 0 Å². The molecule has 0 aliphatic carbocycles. The number of carbonyl (C=O) groups excluding carboxylic acids is 1. The molecular formula is C24H23N3O2. The first kappa shape index (κ1) is 18.7. The number of rotatable bonds is 7. The van der Waals surface area contributed by atoms with Gasteiger partial charge in [-0.05, 0) is 30.2 Å². The molecule has 5 heteroatoms. The van der Waals surface area contributed by atoms with Gasteiger partial charge in [-0.2, -0.15) is 0 Å². The summed E-state index contributed by atoms with van der Waals surface area (Å²) in [6.07, 6.45) is 6.25. The van der Waals surface area contributed by atoms with Crippen LogP contribution >= 0.6 is 0 Å². The van der Waals surface area contributed by atoms with Crippen molar-refractivity contribution in [1.29, 1.82) is 0 Å². The van der Waals surface area contributed by atoms with Crippen LogP contribution in [0.5, 0.6) is 5.75 Å². The van der Waals surface area contributed by atoms with Gasteiger partial charge in [-0.25, -0.2) is 0 Å². The van der Waals surface area contributed by atoms with Gasteiger partial charge in [0, 0.05) is 41.6 Å². The van der Waals surface area contributed by atoms with E-state index in [1.54, 1.807) is 13.3 Å². The van der Waals surface area contributed by atoms with Gasteiger partial charge >= 0.3 is 0 Å². The maximum atomic E-state index is 12.9. The highest BCUT2D eigenvalue weighted by molar-refractivity contribution is 6.07. The maximum absolute atomic E-state index is 12.9. The highest BCUT2D eigenvalue weighted by atomic mass is 16.5. The number of methoxy groups -OCH3 is 1. The van der Waals surface area contributed by atoms with Crippen molar-refractivity contribution in [3.05, 3.63) is 95.9 Å². The topological polar surface area (TPSA) is 56.1 Å². The summed E-state index contributed by atoms with van der Waals surface area (Å²) in [6, 6.07) is 19.8. The van der Waals surface area contributed by atoms with Crippen LogP contribution in [-0.2, 0) is 13.0 Å². The quantitative estimate of drug-likeness (QED) is 0.522. The third-order valence-corrected chi connectivity index (χ3v) is 4.99. The molecule has 0 bridgehead atoms. The van der Waals surface area contributed by atoms with E-state index in [4.69, 9.17) is 4.74 Å². The molecular weight excluding hydrogens is 362 g/mol. The van der Waals surface area contributed by atoms with E-state index in [0.717, 1.165) is 34.2 Å². The van der Waals surface area contributed by atoms with Crippen molar-refractivity contribution in [2.75, 3.05) is 13.7 Å². The summed E-state index contributed by atoms with van der Waals surface area (Å²) in [4.78, 5) is 17.0. The fraction of sp³-hybridized carbons (Fsp3) is 0.167. The predicted molar refractivity (Wildman–Crippen MR) is 114 cm³/mol. The number of benzene rings is 2. The Morgan fingerprint density at radius 3 is 2.72 bits per heavy atom. The molecule has 0 aliphatic heterocycles. The number of amides is 1. The van der Waals surface area contributed by atoms with Crippen LogP contribution in [0.15, 0.2) is 79.3 Å². The normalized spacial score (nSPS) is 10.8. The molecule has 0 radical (unpaired) electrons. The summed E-state index contributed by atoms with van der Waals surface area (Å²) >= 11 is 0. The summed E-state index contributed by atoms with van der Waals surface area (Å²) in [6.45, 7) is 1.20. The van der Waals surface area contributed by atoms with Gasteiger partial charge in [0.15, 0.2) is 0 Å². The minimum Gasteiger partial charge on any atom is -0.496 e. The molecule has 2 aromatic heterocycles. The number of hydrogen-bond acceptors (Lipinski definition) is 3. The zero-order valence-corrected chi connectivity index (χ0v) is 16.3. The fourth-order valence-corrected chi connectivity index (χ4v) is 3.54. The number of ether oxygens (including phenoxy) is 1. The molecule has 5 nitrogen and oxygen atoms in total. The monoisotopic (exact) mass is 385 g/mol. The average Bonchev–Trinajstić information content (AvgIpc) is 3.13. The Kier molecular flexibility index (Phi) is 5.56. The third-order valence-electron chi connectivity index (χ3n) is 4.99. The van der Waals surface area contributed by atoms with Crippen LogP contribution in [0.2, 0.25) is 0 Å². The third kappa shape index (κ3) is 4.14. The second kappa shape index (κ2) is 8.61. The number of para-hydroxylation sites is 2. The number of nitrogens with one attached hydrogen (secondary N) is 1. The molecule has 4 aromatic rings. The molecule has 0 saturated heterocycles. The highest BCUT2D eigenvalue weighted by Gasteiger charge is 2.15. The number of hydrogen-bond donors (Lipinski definition) is 1. The van der Waals surface area contributed by atoms with E-state index < -0.39 is 0 Å². The first-order chi connectivity index (χ1) is 14.3. The van der Waals surface area contributed by atoms with E-state index in [1.807, 2.05) is 73.1 Å². The van der Waals surface area contributed by atoms with Crippen LogP contribution in [0.4, 0.5) is 0 Å². The lowest BCUT2D eigenvalue weighted by molar-refractivity contribution is 0.0955. The predicted octanol–water partition coefficient (Wildman–Crippen LogP) is 4.07. The maximum Gasteiger partial charge on any atom is 0.253 e. The van der Waals surface area contributed by atoms with E-state index in [0.29, 0.717) is 18.7 Å². The molecule has 4 rings (SSSR count). The Hall–Kier alpha value is -3.60. The van der Waals surface area contributed by atoms with Gasteiger partial charge in [0.25, 0.3) is 5.91 Å². The Bertz CT molecular complexity index is 1120. The first-order valence-corrected chi connectivity index (χ1v) is 9.63. The van der Waals surface area contributed by atoms with Crippen molar-refractivity contribution in [3.8, 4) is 5.75 Å². The van der Waals surface area contributed by atoms with Crippen molar-refractivity contribution in [3.63, 3.8) is 0 Å². The molecule has 0 spiro atoms. The van der Waals surface area contributed by atoms with Gasteiger partial charge in [-0.15, -0.1) is 0 Å². The Morgan fingerprint density at radius 2 is 1.90 bits per heavy atom. The van der Waals surface area contributed by atoms with Crippen LogP contribution in [0.3, 0.4) is 0 Å². The number of aromatic nitrogens is 2. The summed E-state index contributed by atoms with van der Waals surface area (Å²) in [7, 11) is 1.67. The smallest absolute Gasteiger partial charge is 0.253 e. The minimum atomic E-state index is -0.0659. The SMILES string of the molecule is COc1ccccc1Cn1cc(C(=O)NCCc2cccnc2)c2ccccc21. The van der Waals surface area contributed by atoms with E-state index in [9.17, 15) is 4.79 Å². The number of fused-ring (bicyclic) bond motifs is 1. The molecule has 0 atom stereocenters. The van der Waals surface area contributed by atoms with Gasteiger partial charge in [0.1, 0.15) is 5.75 Å². The summed E-state index contributed by atoms with van der Waals surface area (Å²) in [5.41, 5.74) is 3.88. The lowest BCUT2D eigenvalue weighted by atomic mass is 10.1. The van der Waals surface area contributed by atoms with E-state index >= 15 is 0 Å². The molecule has 1 amide bonds. The Labute approximate surface area is 170 Å². The van der Waals surface area contributed by atoms with Crippen LogP contribution in [0, 0.1) is 0 Å². The zero-order valence-electron chi connectivity index (χ0n) is 16.3. The van der Waals surface area contributed by atoms with E-state index in [2.05, 4.69) is 14.9 Å². The van der Waals surface area contributed by atoms with E-state index in [-0.39, 0.29) is 5.91 Å². The standard InChI is InChI=1S/C24H23N3O2/c1-29-23-11-5-2-8-19(23)16-27-17-21(20-9-3-4-10-22(20)27)24(28)26-14-12-18-7-6-13-25-15-18/h2-11,13,15,17H,12,14,16H2,1H3,(H,26,28). The van der Waals surface area contributed by atoms with Crippen LogP contribution in [-0.4, -0.2) is 29.1 Å². The average molecular weight is 385 g/mol. The lowest BCUT2D eigenvalue weighted by Crippen LogP contribution is -2.25. The van der Waals surface area contributed by atoms with Crippen LogP contribution in [0.1, 0.15) is 21.5 Å². The minimum absolute atomic E-state index is 0.0659. The molecule has 2 aromatic carbocycles. The molecule has 29 heavy (non-hydrogen) atoms. The summed E-state index contributed by atoms with van der Waals surface area (Å²) < 4.78 is 7.58. The molecule has 2 heterocycles. The number of carbonyl (C=O) groups is 1. The van der Waals surface area contributed by atoms with E-state index in [1.165, 1.54) is 0 Å². The Balaban J connectivity index is 1.56. The summed E-state index contributed by atoms with van der Waals surface area (Å²) in [5.74, 6) is 0.775. The second-order valence-corrected chi connectivity index (χ2v) is 6.87. The summed E-state index contributed by atoms with van der Waals surface area (Å²) in [5, 5.41) is 3.98. The molecule has 0 fully saturated rings. The van der Waals surface area contributed by atoms with Crippen LogP contribution in [0.25, 0.3) is 10.9 Å². The molecule has 0 unspecified atom stereocenters. The van der Waals surface area contributed by atoms with Crippen molar-refractivity contribution >= 4 is 16.8 Å². The first-order valence-electron chi connectivity index (χ1n) is 9.63. The van der Waals surface area contributed by atoms with Gasteiger partial charge in [-0.3, -0.25) is 9.78 Å². The molecule has 0 aliphatic rings. The molecule has 146 valence electrons. The number of nitrogens with zero attached hydrogens (tertiary/aromatic N) is 2. The fourth-order valence-electron chi connectivity index (χ4n) is 3.54. The van der Waals surface area contributed by atoms with Crippen molar-refractivity contribution in [2.45, 2.75) is 13.0 Å². The Morgan fingerprint density at radius 1 is 1.07 bits per heavy atom. The molecule has 1 N–H and O–H groups in total. The second-order valence-electron chi connectivity index (χ2n) is 6.87. The van der Waals surface area contributed by atoms with Crippen LogP contribution < -0.4 is 10.1 Å². The van der Waals surface area contributed by atoms with Gasteiger partial charge in [0.2, 0.25) is 0 Å². The lowest BCUT2D eigenvalue weighted by Gasteiger charge is -2.10. The van der Waals surface area contributed by atoms with Gasteiger partial charge < -0.3 is 14.6 Å². The zero-order chi connectivity index (χ0) is 20.1. The number of pyridine rings is 1. The van der Waals surface area contributed by atoms with Gasteiger partial charge in [0.05, 0.1) is 19.2 Å².